The number of carbonyl (C=O) groups is 1. The number of esters is 1. The third-order valence-electron chi connectivity index (χ3n) is 9.10. The van der Waals surface area contributed by atoms with Gasteiger partial charge in [-0.1, -0.05) is 47.7 Å². The summed E-state index contributed by atoms with van der Waals surface area (Å²) in [5.41, 5.74) is 5.57. The molecule has 2 bridgehead atoms. The van der Waals surface area contributed by atoms with Crippen LogP contribution in [0.5, 0.6) is 0 Å². The van der Waals surface area contributed by atoms with E-state index in [2.05, 4.69) is 27.3 Å². The van der Waals surface area contributed by atoms with Crippen LogP contribution in [-0.2, 0) is 16.1 Å². The molecule has 0 unspecified atom stereocenters. The van der Waals surface area contributed by atoms with E-state index in [1.807, 2.05) is 59.6 Å². The first-order valence-electron chi connectivity index (χ1n) is 13.3. The molecule has 2 saturated carbocycles. The highest BCUT2D eigenvalue weighted by molar-refractivity contribution is 5.87. The van der Waals surface area contributed by atoms with E-state index in [1.165, 1.54) is 12.7 Å². The molecular formula is C30H25N7O2. The van der Waals surface area contributed by atoms with Gasteiger partial charge in [-0.25, -0.2) is 4.79 Å². The number of benzene rings is 1. The zero-order chi connectivity index (χ0) is 26.1. The number of fused-ring (bicyclic) bond motifs is 11. The Bertz CT molecular complexity index is 1610. The highest BCUT2D eigenvalue weighted by Crippen LogP contribution is 2.74. The largest absolute Gasteiger partial charge is 0.467 e. The molecule has 8 rings (SSSR count). The molecule has 4 aliphatic rings. The predicted molar refractivity (Wildman–Crippen MR) is 141 cm³/mol. The topological polar surface area (TPSA) is 106 Å². The van der Waals surface area contributed by atoms with Gasteiger partial charge in [-0.2, -0.15) is 0 Å². The Balaban J connectivity index is 1.29. The van der Waals surface area contributed by atoms with Gasteiger partial charge in [-0.3, -0.25) is 15.0 Å². The molecule has 0 radical (unpaired) electrons. The fourth-order valence-electron chi connectivity index (χ4n) is 7.79. The van der Waals surface area contributed by atoms with Crippen LogP contribution < -0.4 is 0 Å². The van der Waals surface area contributed by atoms with E-state index in [4.69, 9.17) is 20.0 Å². The summed E-state index contributed by atoms with van der Waals surface area (Å²) in [5.74, 6) is 0.0859. The number of hydrogen-bond acceptors (Lipinski definition) is 9. The molecule has 0 N–H and O–H groups in total. The summed E-state index contributed by atoms with van der Waals surface area (Å²) in [6.07, 6.45) is 4.46. The number of nitrogens with zero attached hydrogens (tertiary/aromatic N) is 7. The average Bonchev–Trinajstić information content (AvgIpc) is 3.62. The first-order valence-corrected chi connectivity index (χ1v) is 13.3. The summed E-state index contributed by atoms with van der Waals surface area (Å²) >= 11 is 0. The van der Waals surface area contributed by atoms with E-state index in [0.29, 0.717) is 6.54 Å². The van der Waals surface area contributed by atoms with Gasteiger partial charge in [-0.05, 0) is 65.1 Å². The van der Waals surface area contributed by atoms with Crippen molar-refractivity contribution in [2.24, 2.45) is 22.2 Å². The fourth-order valence-corrected chi connectivity index (χ4v) is 7.79. The lowest BCUT2D eigenvalue weighted by molar-refractivity contribution is -0.165. The molecule has 0 saturated heterocycles. The summed E-state index contributed by atoms with van der Waals surface area (Å²) in [6.45, 7) is 0.585. The second-order valence-electron chi connectivity index (χ2n) is 10.7. The zero-order valence-electron chi connectivity index (χ0n) is 21.3. The van der Waals surface area contributed by atoms with Gasteiger partial charge < -0.3 is 4.74 Å². The van der Waals surface area contributed by atoms with E-state index in [0.717, 1.165) is 40.3 Å². The van der Waals surface area contributed by atoms with E-state index in [1.54, 1.807) is 12.4 Å². The summed E-state index contributed by atoms with van der Waals surface area (Å²) < 4.78 is 5.40. The van der Waals surface area contributed by atoms with Gasteiger partial charge >= 0.3 is 5.97 Å². The van der Waals surface area contributed by atoms with Gasteiger partial charge in [0.1, 0.15) is 11.4 Å². The first-order chi connectivity index (χ1) is 19.2. The number of aromatic nitrogens is 4. The molecule has 39 heavy (non-hydrogen) atoms. The van der Waals surface area contributed by atoms with Crippen LogP contribution in [0.1, 0.15) is 34.9 Å². The van der Waals surface area contributed by atoms with Crippen LogP contribution in [0, 0.1) is 11.8 Å². The lowest BCUT2D eigenvalue weighted by Crippen LogP contribution is -2.72. The van der Waals surface area contributed by atoms with Crippen molar-refractivity contribution in [3.63, 3.8) is 0 Å². The Morgan fingerprint density at radius 1 is 0.897 bits per heavy atom. The highest BCUT2D eigenvalue weighted by atomic mass is 16.5. The quantitative estimate of drug-likeness (QED) is 0.283. The van der Waals surface area contributed by atoms with Crippen molar-refractivity contribution in [3.05, 3.63) is 95.8 Å². The summed E-state index contributed by atoms with van der Waals surface area (Å²) in [7, 11) is 1.45. The van der Waals surface area contributed by atoms with Crippen LogP contribution in [-0.4, -0.2) is 49.8 Å². The molecule has 4 heterocycles. The molecule has 9 nitrogen and oxygen atoms in total. The van der Waals surface area contributed by atoms with Gasteiger partial charge in [0.25, 0.3) is 0 Å². The number of hydrogen-bond donors (Lipinski definition) is 0. The molecule has 0 spiro atoms. The summed E-state index contributed by atoms with van der Waals surface area (Å²) in [4.78, 5) is 22.8. The van der Waals surface area contributed by atoms with Crippen molar-refractivity contribution in [2.75, 3.05) is 7.11 Å². The molecule has 192 valence electrons. The van der Waals surface area contributed by atoms with Gasteiger partial charge in [0.15, 0.2) is 0 Å². The monoisotopic (exact) mass is 515 g/mol. The van der Waals surface area contributed by atoms with Crippen LogP contribution in [0.25, 0.3) is 22.8 Å². The van der Waals surface area contributed by atoms with E-state index in [-0.39, 0.29) is 35.7 Å². The minimum atomic E-state index is -1.03. The smallest absolute Gasteiger partial charge is 0.338 e. The van der Waals surface area contributed by atoms with E-state index in [9.17, 15) is 4.79 Å². The molecule has 4 aromatic rings. The highest BCUT2D eigenvalue weighted by Gasteiger charge is 2.80. The number of ether oxygens (including phenoxy) is 1. The first kappa shape index (κ1) is 22.5. The molecule has 1 aliphatic heterocycles. The Morgan fingerprint density at radius 3 is 2.15 bits per heavy atom. The molecule has 6 atom stereocenters. The summed E-state index contributed by atoms with van der Waals surface area (Å²) in [5, 5.41) is 20.8. The van der Waals surface area contributed by atoms with Gasteiger partial charge in [0.2, 0.25) is 5.54 Å². The summed E-state index contributed by atoms with van der Waals surface area (Å²) in [6, 6.07) is 21.7. The second kappa shape index (κ2) is 8.23. The van der Waals surface area contributed by atoms with Crippen molar-refractivity contribution in [2.45, 2.75) is 36.4 Å². The fraction of sp³-hybridized carbons (Fsp3) is 0.300. The van der Waals surface area contributed by atoms with Crippen molar-refractivity contribution < 1.29 is 9.53 Å². The normalized spacial score (nSPS) is 28.9. The van der Waals surface area contributed by atoms with Gasteiger partial charge in [0.05, 0.1) is 31.1 Å². The van der Waals surface area contributed by atoms with E-state index < -0.39 is 5.54 Å². The maximum absolute atomic E-state index is 13.5. The maximum atomic E-state index is 13.5. The third-order valence-corrected chi connectivity index (χ3v) is 9.10. The minimum absolute atomic E-state index is 0.0276. The number of carbonyl (C=O) groups excluding carboxylic acids is 1. The molecule has 9 heteroatoms. The second-order valence-corrected chi connectivity index (χ2v) is 10.7. The van der Waals surface area contributed by atoms with Gasteiger partial charge in [0, 0.05) is 18.3 Å². The average molecular weight is 516 g/mol. The van der Waals surface area contributed by atoms with Crippen LogP contribution in [0.2, 0.25) is 0 Å². The predicted octanol–water partition coefficient (Wildman–Crippen LogP) is 4.59. The van der Waals surface area contributed by atoms with Crippen molar-refractivity contribution in [3.8, 4) is 22.8 Å². The van der Waals surface area contributed by atoms with Crippen LogP contribution >= 0.6 is 0 Å². The molecule has 2 fully saturated rings. The van der Waals surface area contributed by atoms with Crippen molar-refractivity contribution >= 4 is 5.97 Å². The van der Waals surface area contributed by atoms with Crippen LogP contribution in [0.15, 0.2) is 89.5 Å². The molecule has 3 aromatic heterocycles. The Kier molecular flexibility index (Phi) is 4.74. The lowest BCUT2D eigenvalue weighted by atomic mass is 9.49. The number of methoxy groups -OCH3 is 1. The van der Waals surface area contributed by atoms with Crippen LogP contribution in [0.4, 0.5) is 0 Å². The maximum Gasteiger partial charge on any atom is 0.338 e. The Morgan fingerprint density at radius 2 is 1.54 bits per heavy atom. The molecule has 1 aromatic carbocycles. The van der Waals surface area contributed by atoms with Crippen molar-refractivity contribution in [1.82, 2.24) is 25.2 Å². The van der Waals surface area contributed by atoms with E-state index >= 15 is 0 Å². The Labute approximate surface area is 225 Å². The molecule has 3 aliphatic carbocycles. The van der Waals surface area contributed by atoms with Crippen LogP contribution in [0.3, 0.4) is 0 Å². The number of rotatable bonds is 5. The molecule has 0 amide bonds. The minimum Gasteiger partial charge on any atom is -0.467 e. The third kappa shape index (κ3) is 2.92. The number of pyridine rings is 2. The zero-order valence-corrected chi connectivity index (χ0v) is 21.3. The van der Waals surface area contributed by atoms with Crippen molar-refractivity contribution in [1.29, 1.82) is 0 Å². The standard InChI is InChI=1S/C30H25N7O2/c1-39-29(38)30-25-19-15-18(24(25)28(30)37(36-35-30)16-17-9-3-2-4-10-17)22-23(19)27(21-12-6-8-14-32-21)34-33-26(22)20-11-5-7-13-31-20/h2-14,18-19,24-25,28H,15-16H2,1H3/t18-,19+,24-,25+,28+,30-/m0/s1. The lowest BCUT2D eigenvalue weighted by Gasteiger charge is -2.56. The Hall–Kier alpha value is -4.53. The molecular weight excluding hydrogens is 490 g/mol. The van der Waals surface area contributed by atoms with Gasteiger partial charge in [-0.15, -0.1) is 15.3 Å². The SMILES string of the molecule is COC(=O)[C@@]12N=NN(Cc3ccccc3)[C@@H]1[C@@H]1[C@H]2[C@@H]2C[C@H]1c1c(-c3ccccn3)nnc(-c3ccccn3)c12.